The Hall–Kier alpha value is -1.35. The van der Waals surface area contributed by atoms with Crippen molar-refractivity contribution in [1.29, 1.82) is 0 Å². The molecular formula is C14H17NO2. The minimum absolute atomic E-state index is 0.101. The van der Waals surface area contributed by atoms with Crippen molar-refractivity contribution >= 4 is 5.78 Å². The molecule has 0 amide bonds. The van der Waals surface area contributed by atoms with Crippen LogP contribution in [0.1, 0.15) is 35.2 Å². The summed E-state index contributed by atoms with van der Waals surface area (Å²) >= 11 is 0. The molecule has 1 aliphatic carbocycles. The average Bonchev–Trinajstić information content (AvgIpc) is 2.63. The predicted molar refractivity (Wildman–Crippen MR) is 65.7 cm³/mol. The molecular weight excluding hydrogens is 214 g/mol. The normalized spacial score (nSPS) is 21.6. The lowest BCUT2D eigenvalue weighted by atomic mass is 9.74. The van der Waals surface area contributed by atoms with Crippen LogP contribution in [0.2, 0.25) is 0 Å². The lowest BCUT2D eigenvalue weighted by molar-refractivity contribution is 0.0964. The van der Waals surface area contributed by atoms with Crippen LogP contribution in [0, 0.1) is 0 Å². The number of ether oxygens (including phenoxy) is 1. The molecule has 0 bridgehead atoms. The zero-order valence-electron chi connectivity index (χ0n) is 10.1. The van der Waals surface area contributed by atoms with Crippen LogP contribution < -0.4 is 10.1 Å². The van der Waals surface area contributed by atoms with E-state index in [1.54, 1.807) is 7.11 Å². The van der Waals surface area contributed by atoms with Gasteiger partial charge in [-0.2, -0.15) is 0 Å². The Balaban J connectivity index is 2.07. The van der Waals surface area contributed by atoms with E-state index in [0.29, 0.717) is 6.42 Å². The van der Waals surface area contributed by atoms with Gasteiger partial charge in [-0.3, -0.25) is 4.79 Å². The summed E-state index contributed by atoms with van der Waals surface area (Å²) in [7, 11) is 1.64. The number of methoxy groups -OCH3 is 1. The molecule has 0 radical (unpaired) electrons. The number of carbonyl (C=O) groups excluding carboxylic acids is 1. The summed E-state index contributed by atoms with van der Waals surface area (Å²) in [4.78, 5) is 12.1. The van der Waals surface area contributed by atoms with Crippen molar-refractivity contribution in [1.82, 2.24) is 5.32 Å². The largest absolute Gasteiger partial charge is 0.497 e. The third kappa shape index (κ3) is 1.57. The Kier molecular flexibility index (Phi) is 2.44. The molecule has 1 heterocycles. The van der Waals surface area contributed by atoms with Gasteiger partial charge < -0.3 is 10.1 Å². The molecule has 3 rings (SSSR count). The highest BCUT2D eigenvalue weighted by Crippen LogP contribution is 2.45. The van der Waals surface area contributed by atoms with Crippen LogP contribution in [0.15, 0.2) is 18.2 Å². The number of hydrogen-bond donors (Lipinski definition) is 1. The second-order valence-electron chi connectivity index (χ2n) is 5.04. The van der Waals surface area contributed by atoms with Crippen LogP contribution in [-0.2, 0) is 5.41 Å². The first-order chi connectivity index (χ1) is 8.25. The fourth-order valence-electron chi connectivity index (χ4n) is 3.19. The molecule has 1 fully saturated rings. The van der Waals surface area contributed by atoms with Crippen LogP contribution in [-0.4, -0.2) is 26.0 Å². The third-order valence-electron chi connectivity index (χ3n) is 4.16. The number of piperidine rings is 1. The minimum atomic E-state index is 0.101. The zero-order chi connectivity index (χ0) is 11.9. The predicted octanol–water partition coefficient (Wildman–Crippen LogP) is 1.90. The first kappa shape index (κ1) is 10.8. The molecule has 0 saturated carbocycles. The average molecular weight is 231 g/mol. The number of benzene rings is 1. The number of nitrogens with one attached hydrogen (secondary N) is 1. The molecule has 1 spiro atoms. The van der Waals surface area contributed by atoms with Crippen molar-refractivity contribution < 1.29 is 9.53 Å². The van der Waals surface area contributed by atoms with Gasteiger partial charge in [-0.25, -0.2) is 0 Å². The molecule has 2 aliphatic rings. The molecule has 1 aliphatic heterocycles. The number of rotatable bonds is 1. The maximum absolute atomic E-state index is 12.1. The molecule has 3 heteroatoms. The van der Waals surface area contributed by atoms with Gasteiger partial charge in [0.05, 0.1) is 7.11 Å². The van der Waals surface area contributed by atoms with Gasteiger partial charge in [0.1, 0.15) is 5.75 Å². The van der Waals surface area contributed by atoms with E-state index < -0.39 is 0 Å². The molecule has 0 aromatic heterocycles. The van der Waals surface area contributed by atoms with Gasteiger partial charge in [0.25, 0.3) is 0 Å². The van der Waals surface area contributed by atoms with Crippen LogP contribution in [0.25, 0.3) is 0 Å². The van der Waals surface area contributed by atoms with Gasteiger partial charge in [-0.1, -0.05) is 6.07 Å². The maximum atomic E-state index is 12.1. The Morgan fingerprint density at radius 1 is 1.29 bits per heavy atom. The molecule has 0 atom stereocenters. The van der Waals surface area contributed by atoms with E-state index in [9.17, 15) is 4.79 Å². The van der Waals surface area contributed by atoms with E-state index in [1.165, 1.54) is 5.56 Å². The molecule has 90 valence electrons. The van der Waals surface area contributed by atoms with E-state index >= 15 is 0 Å². The van der Waals surface area contributed by atoms with Crippen molar-refractivity contribution in [3.63, 3.8) is 0 Å². The fourth-order valence-corrected chi connectivity index (χ4v) is 3.19. The SMILES string of the molecule is COc1ccc2c(c1)C(=O)CC21CCNCC1. The van der Waals surface area contributed by atoms with Crippen molar-refractivity contribution in [3.05, 3.63) is 29.3 Å². The molecule has 3 nitrogen and oxygen atoms in total. The lowest BCUT2D eigenvalue weighted by Crippen LogP contribution is -2.38. The number of Topliss-reactive ketones (excluding diaryl/α,β-unsaturated/α-hetero) is 1. The summed E-state index contributed by atoms with van der Waals surface area (Å²) in [6.45, 7) is 2.03. The van der Waals surface area contributed by atoms with Gasteiger partial charge in [0.15, 0.2) is 5.78 Å². The van der Waals surface area contributed by atoms with E-state index in [0.717, 1.165) is 37.2 Å². The van der Waals surface area contributed by atoms with Gasteiger partial charge >= 0.3 is 0 Å². The summed E-state index contributed by atoms with van der Waals surface area (Å²) in [5.74, 6) is 1.06. The van der Waals surface area contributed by atoms with Crippen LogP contribution in [0.4, 0.5) is 0 Å². The zero-order valence-corrected chi connectivity index (χ0v) is 10.1. The fraction of sp³-hybridized carbons (Fsp3) is 0.500. The van der Waals surface area contributed by atoms with Crippen molar-refractivity contribution in [2.45, 2.75) is 24.7 Å². The van der Waals surface area contributed by atoms with Crippen LogP contribution >= 0.6 is 0 Å². The van der Waals surface area contributed by atoms with Crippen LogP contribution in [0.3, 0.4) is 0 Å². The lowest BCUT2D eigenvalue weighted by Gasteiger charge is -2.34. The summed E-state index contributed by atoms with van der Waals surface area (Å²) in [6, 6.07) is 5.96. The van der Waals surface area contributed by atoms with Gasteiger partial charge in [-0.05, 0) is 43.6 Å². The Morgan fingerprint density at radius 3 is 2.76 bits per heavy atom. The second-order valence-corrected chi connectivity index (χ2v) is 5.04. The summed E-state index contributed by atoms with van der Waals surface area (Å²) < 4.78 is 5.20. The highest BCUT2D eigenvalue weighted by molar-refractivity contribution is 6.02. The molecule has 1 aromatic carbocycles. The minimum Gasteiger partial charge on any atom is -0.497 e. The summed E-state index contributed by atoms with van der Waals surface area (Å²) in [5.41, 5.74) is 2.22. The van der Waals surface area contributed by atoms with E-state index in [1.807, 2.05) is 12.1 Å². The van der Waals surface area contributed by atoms with Crippen molar-refractivity contribution in [2.75, 3.05) is 20.2 Å². The number of hydrogen-bond acceptors (Lipinski definition) is 3. The van der Waals surface area contributed by atoms with E-state index in [2.05, 4.69) is 11.4 Å². The topological polar surface area (TPSA) is 38.3 Å². The van der Waals surface area contributed by atoms with Crippen molar-refractivity contribution in [2.24, 2.45) is 0 Å². The van der Waals surface area contributed by atoms with E-state index in [-0.39, 0.29) is 11.2 Å². The maximum Gasteiger partial charge on any atom is 0.164 e. The first-order valence-corrected chi connectivity index (χ1v) is 6.18. The summed E-state index contributed by atoms with van der Waals surface area (Å²) in [5, 5.41) is 3.37. The molecule has 17 heavy (non-hydrogen) atoms. The Labute approximate surface area is 101 Å². The van der Waals surface area contributed by atoms with Gasteiger partial charge in [0, 0.05) is 17.4 Å². The summed E-state index contributed by atoms with van der Waals surface area (Å²) in [6.07, 6.45) is 2.81. The molecule has 0 unspecified atom stereocenters. The van der Waals surface area contributed by atoms with Gasteiger partial charge in [-0.15, -0.1) is 0 Å². The smallest absolute Gasteiger partial charge is 0.164 e. The highest BCUT2D eigenvalue weighted by Gasteiger charge is 2.43. The Bertz CT molecular complexity index is 461. The number of fused-ring (bicyclic) bond motifs is 2. The number of carbonyl (C=O) groups is 1. The second kappa shape index (κ2) is 3.84. The standard InChI is InChI=1S/C14H17NO2/c1-17-10-2-3-12-11(8-10)13(16)9-14(12)4-6-15-7-5-14/h2-3,8,15H,4-7,9H2,1H3. The highest BCUT2D eigenvalue weighted by atomic mass is 16.5. The molecule has 1 N–H and O–H groups in total. The third-order valence-corrected chi connectivity index (χ3v) is 4.16. The molecule has 1 aromatic rings. The molecule has 1 saturated heterocycles. The van der Waals surface area contributed by atoms with E-state index in [4.69, 9.17) is 4.74 Å². The quantitative estimate of drug-likeness (QED) is 0.802. The van der Waals surface area contributed by atoms with Crippen LogP contribution in [0.5, 0.6) is 5.75 Å². The van der Waals surface area contributed by atoms with Crippen molar-refractivity contribution in [3.8, 4) is 5.75 Å². The van der Waals surface area contributed by atoms with Gasteiger partial charge in [0.2, 0.25) is 0 Å². The first-order valence-electron chi connectivity index (χ1n) is 6.18. The Morgan fingerprint density at radius 2 is 2.06 bits per heavy atom. The number of ketones is 1. The monoisotopic (exact) mass is 231 g/mol.